The van der Waals surface area contributed by atoms with Crippen LogP contribution in [0.2, 0.25) is 0 Å². The maximum absolute atomic E-state index is 11.6. The SMILES string of the molecule is Cn1cc(-c2cncc(-c3cnc4c(c3)CCCN4C(N)=O)c2)cn1. The summed E-state index contributed by atoms with van der Waals surface area (Å²) in [6.07, 6.45) is 10.9. The highest BCUT2D eigenvalue weighted by atomic mass is 16.2. The van der Waals surface area contributed by atoms with Crippen molar-refractivity contribution < 1.29 is 4.79 Å². The van der Waals surface area contributed by atoms with Crippen LogP contribution >= 0.6 is 0 Å². The summed E-state index contributed by atoms with van der Waals surface area (Å²) in [5.41, 5.74) is 10.5. The standard InChI is InChI=1S/C18H18N6O/c1-23-11-16(10-22-23)14-6-13(7-20-8-14)15-5-12-3-2-4-24(18(19)25)17(12)21-9-15/h5-11H,2-4H2,1H3,(H2,19,25). The van der Waals surface area contributed by atoms with Gasteiger partial charge in [-0.1, -0.05) is 0 Å². The van der Waals surface area contributed by atoms with Crippen LogP contribution in [0.15, 0.2) is 43.1 Å². The van der Waals surface area contributed by atoms with Crippen LogP contribution in [0.1, 0.15) is 12.0 Å². The molecule has 0 spiro atoms. The predicted octanol–water partition coefficient (Wildman–Crippen LogP) is 2.38. The van der Waals surface area contributed by atoms with E-state index in [1.807, 2.05) is 31.8 Å². The van der Waals surface area contributed by atoms with Crippen LogP contribution in [0.5, 0.6) is 0 Å². The van der Waals surface area contributed by atoms with Crippen molar-refractivity contribution in [1.29, 1.82) is 0 Å². The van der Waals surface area contributed by atoms with Gasteiger partial charge in [0.2, 0.25) is 0 Å². The number of hydrogen-bond donors (Lipinski definition) is 1. The van der Waals surface area contributed by atoms with Crippen molar-refractivity contribution in [3.8, 4) is 22.3 Å². The van der Waals surface area contributed by atoms with Crippen molar-refractivity contribution in [2.75, 3.05) is 11.4 Å². The number of anilines is 1. The molecule has 2 amide bonds. The molecule has 0 aliphatic carbocycles. The molecule has 0 unspecified atom stereocenters. The van der Waals surface area contributed by atoms with Gasteiger partial charge in [-0.15, -0.1) is 0 Å². The molecule has 7 heteroatoms. The Balaban J connectivity index is 1.72. The van der Waals surface area contributed by atoms with Crippen LogP contribution in [0.25, 0.3) is 22.3 Å². The summed E-state index contributed by atoms with van der Waals surface area (Å²) in [5.74, 6) is 0.666. The van der Waals surface area contributed by atoms with Crippen LogP contribution in [0.4, 0.5) is 10.6 Å². The van der Waals surface area contributed by atoms with E-state index in [1.165, 1.54) is 4.90 Å². The van der Waals surface area contributed by atoms with Gasteiger partial charge in [0.1, 0.15) is 5.82 Å². The Labute approximate surface area is 145 Å². The lowest BCUT2D eigenvalue weighted by molar-refractivity contribution is 0.253. The fourth-order valence-electron chi connectivity index (χ4n) is 3.16. The molecule has 4 heterocycles. The van der Waals surface area contributed by atoms with Crippen LogP contribution in [0.3, 0.4) is 0 Å². The van der Waals surface area contributed by atoms with Crippen molar-refractivity contribution in [3.05, 3.63) is 48.7 Å². The Kier molecular flexibility index (Phi) is 3.68. The van der Waals surface area contributed by atoms with E-state index in [-0.39, 0.29) is 0 Å². The molecule has 126 valence electrons. The maximum atomic E-state index is 11.6. The van der Waals surface area contributed by atoms with Gasteiger partial charge >= 0.3 is 6.03 Å². The third kappa shape index (κ3) is 2.84. The summed E-state index contributed by atoms with van der Waals surface area (Å²) in [5, 5.41) is 4.21. The van der Waals surface area contributed by atoms with Crippen molar-refractivity contribution in [3.63, 3.8) is 0 Å². The molecule has 2 N–H and O–H groups in total. The number of primary amides is 1. The number of nitrogens with zero attached hydrogens (tertiary/aromatic N) is 5. The lowest BCUT2D eigenvalue weighted by atomic mass is 10.00. The molecule has 0 saturated carbocycles. The van der Waals surface area contributed by atoms with Crippen molar-refractivity contribution >= 4 is 11.8 Å². The third-order valence-corrected chi connectivity index (χ3v) is 4.40. The average Bonchev–Trinajstić information content (AvgIpc) is 3.07. The predicted molar refractivity (Wildman–Crippen MR) is 94.9 cm³/mol. The number of pyridine rings is 2. The van der Waals surface area contributed by atoms with E-state index in [1.54, 1.807) is 10.9 Å². The number of carbonyl (C=O) groups is 1. The third-order valence-electron chi connectivity index (χ3n) is 4.40. The second-order valence-electron chi connectivity index (χ2n) is 6.17. The molecule has 0 aromatic carbocycles. The van der Waals surface area contributed by atoms with Gasteiger partial charge in [0.25, 0.3) is 0 Å². The van der Waals surface area contributed by atoms with Gasteiger partial charge in [0, 0.05) is 60.6 Å². The van der Waals surface area contributed by atoms with Crippen LogP contribution in [0, 0.1) is 0 Å². The van der Waals surface area contributed by atoms with Crippen LogP contribution < -0.4 is 10.6 Å². The monoisotopic (exact) mass is 334 g/mol. The Morgan fingerprint density at radius 2 is 1.84 bits per heavy atom. The van der Waals surface area contributed by atoms with Crippen LogP contribution in [-0.4, -0.2) is 32.3 Å². The largest absolute Gasteiger partial charge is 0.351 e. The number of amides is 2. The molecule has 1 aliphatic heterocycles. The highest BCUT2D eigenvalue weighted by Crippen LogP contribution is 2.30. The van der Waals surface area contributed by atoms with E-state index in [4.69, 9.17) is 5.73 Å². The van der Waals surface area contributed by atoms with Gasteiger partial charge < -0.3 is 5.73 Å². The van der Waals surface area contributed by atoms with Gasteiger partial charge in [0.05, 0.1) is 6.20 Å². The Bertz CT molecular complexity index is 948. The zero-order valence-electron chi connectivity index (χ0n) is 13.9. The first-order valence-corrected chi connectivity index (χ1v) is 8.12. The molecule has 1 aliphatic rings. The molecular weight excluding hydrogens is 316 g/mol. The van der Waals surface area contributed by atoms with E-state index >= 15 is 0 Å². The molecule has 3 aromatic rings. The number of nitrogens with two attached hydrogens (primary N) is 1. The normalized spacial score (nSPS) is 13.6. The first kappa shape index (κ1) is 15.3. The van der Waals surface area contributed by atoms with Gasteiger partial charge in [-0.3, -0.25) is 14.6 Å². The minimum absolute atomic E-state index is 0.457. The number of aromatic nitrogens is 4. The van der Waals surface area contributed by atoms with E-state index < -0.39 is 6.03 Å². The number of aryl methyl sites for hydroxylation is 2. The number of urea groups is 1. The summed E-state index contributed by atoms with van der Waals surface area (Å²) in [6.45, 7) is 0.618. The van der Waals surface area contributed by atoms with Gasteiger partial charge in [-0.05, 0) is 30.5 Å². The molecule has 0 saturated heterocycles. The smallest absolute Gasteiger partial charge is 0.320 e. The number of fused-ring (bicyclic) bond motifs is 1. The fraction of sp³-hybridized carbons (Fsp3) is 0.222. The number of rotatable bonds is 2. The van der Waals surface area contributed by atoms with Crippen LogP contribution in [-0.2, 0) is 13.5 Å². The zero-order chi connectivity index (χ0) is 17.4. The van der Waals surface area contributed by atoms with E-state index in [2.05, 4.69) is 27.2 Å². The van der Waals surface area contributed by atoms with Gasteiger partial charge in [-0.25, -0.2) is 9.78 Å². The Morgan fingerprint density at radius 3 is 2.56 bits per heavy atom. The Morgan fingerprint density at radius 1 is 1.08 bits per heavy atom. The van der Waals surface area contributed by atoms with Crippen molar-refractivity contribution in [2.24, 2.45) is 12.8 Å². The molecule has 0 bridgehead atoms. The molecule has 3 aromatic heterocycles. The molecule has 0 radical (unpaired) electrons. The molecule has 7 nitrogen and oxygen atoms in total. The summed E-state index contributed by atoms with van der Waals surface area (Å²) in [4.78, 5) is 21.9. The second kappa shape index (κ2) is 6.01. The minimum Gasteiger partial charge on any atom is -0.351 e. The van der Waals surface area contributed by atoms with E-state index in [0.29, 0.717) is 12.4 Å². The number of carbonyl (C=O) groups excluding carboxylic acids is 1. The first-order valence-electron chi connectivity index (χ1n) is 8.12. The minimum atomic E-state index is -0.457. The van der Waals surface area contributed by atoms with Gasteiger partial charge in [-0.2, -0.15) is 5.10 Å². The second-order valence-corrected chi connectivity index (χ2v) is 6.17. The summed E-state index contributed by atoms with van der Waals surface area (Å²) in [6, 6.07) is 3.69. The lowest BCUT2D eigenvalue weighted by Gasteiger charge is -2.26. The first-order chi connectivity index (χ1) is 12.1. The Hall–Kier alpha value is -3.22. The molecule has 0 fully saturated rings. The van der Waals surface area contributed by atoms with Gasteiger partial charge in [0.15, 0.2) is 0 Å². The highest BCUT2D eigenvalue weighted by Gasteiger charge is 2.22. The average molecular weight is 334 g/mol. The maximum Gasteiger partial charge on any atom is 0.320 e. The molecular formula is C18H18N6O. The van der Waals surface area contributed by atoms with E-state index in [0.717, 1.165) is 40.7 Å². The molecule has 25 heavy (non-hydrogen) atoms. The van der Waals surface area contributed by atoms with Crippen molar-refractivity contribution in [1.82, 2.24) is 19.7 Å². The fourth-order valence-corrected chi connectivity index (χ4v) is 3.16. The quantitative estimate of drug-likeness (QED) is 0.779. The highest BCUT2D eigenvalue weighted by molar-refractivity contribution is 5.91. The number of hydrogen-bond acceptors (Lipinski definition) is 4. The topological polar surface area (TPSA) is 89.9 Å². The summed E-state index contributed by atoms with van der Waals surface area (Å²) < 4.78 is 1.76. The summed E-state index contributed by atoms with van der Waals surface area (Å²) in [7, 11) is 1.89. The lowest BCUT2D eigenvalue weighted by Crippen LogP contribution is -2.40. The molecule has 0 atom stereocenters. The molecule has 4 rings (SSSR count). The zero-order valence-corrected chi connectivity index (χ0v) is 13.9. The van der Waals surface area contributed by atoms with E-state index in [9.17, 15) is 4.79 Å². The summed E-state index contributed by atoms with van der Waals surface area (Å²) >= 11 is 0. The van der Waals surface area contributed by atoms with Crippen molar-refractivity contribution in [2.45, 2.75) is 12.8 Å².